The molecular weight excluding hydrogens is 279 g/mol. The third-order valence-corrected chi connectivity index (χ3v) is 2.54. The molecule has 15 heavy (non-hydrogen) atoms. The first-order valence-electron chi connectivity index (χ1n) is 3.88. The molecule has 0 atom stereocenters. The number of carbonyl (C=O) groups is 1. The second-order valence-electron chi connectivity index (χ2n) is 2.68. The summed E-state index contributed by atoms with van der Waals surface area (Å²) in [5, 5.41) is 17.4. The Kier molecular flexibility index (Phi) is 3.85. The van der Waals surface area contributed by atoms with Crippen molar-refractivity contribution in [3.8, 4) is 12.1 Å². The van der Waals surface area contributed by atoms with Crippen LogP contribution in [-0.4, -0.2) is 5.78 Å². The first kappa shape index (κ1) is 11.7. The lowest BCUT2D eigenvalue weighted by atomic mass is 10.0. The standard InChI is InChI=1S/C10H4BrClN2O/c11-7-1-2-9(12)8(3-7)10(15)6(4-13)5-14/h1-3,6H. The van der Waals surface area contributed by atoms with Gasteiger partial charge in [0.15, 0.2) is 11.7 Å². The summed E-state index contributed by atoms with van der Waals surface area (Å²) in [6.45, 7) is 0. The number of benzene rings is 1. The smallest absolute Gasteiger partial charge is 0.195 e. The van der Waals surface area contributed by atoms with E-state index in [2.05, 4.69) is 15.9 Å². The van der Waals surface area contributed by atoms with Crippen LogP contribution in [0.5, 0.6) is 0 Å². The third-order valence-electron chi connectivity index (χ3n) is 1.71. The Morgan fingerprint density at radius 2 is 2.00 bits per heavy atom. The second kappa shape index (κ2) is 4.93. The summed E-state index contributed by atoms with van der Waals surface area (Å²) in [4.78, 5) is 11.6. The third kappa shape index (κ3) is 2.56. The van der Waals surface area contributed by atoms with Crippen molar-refractivity contribution in [1.82, 2.24) is 0 Å². The molecule has 0 aliphatic rings. The summed E-state index contributed by atoms with van der Waals surface area (Å²) in [7, 11) is 0. The number of hydrogen-bond acceptors (Lipinski definition) is 3. The number of nitriles is 2. The number of ketones is 1. The maximum absolute atomic E-state index is 11.6. The van der Waals surface area contributed by atoms with E-state index in [0.717, 1.165) is 0 Å². The molecule has 0 fully saturated rings. The molecule has 0 bridgehead atoms. The fourth-order valence-electron chi connectivity index (χ4n) is 0.988. The fraction of sp³-hybridized carbons (Fsp3) is 0.100. The van der Waals surface area contributed by atoms with Gasteiger partial charge < -0.3 is 0 Å². The quantitative estimate of drug-likeness (QED) is 0.784. The van der Waals surface area contributed by atoms with Gasteiger partial charge in [-0.3, -0.25) is 4.79 Å². The van der Waals surface area contributed by atoms with Crippen molar-refractivity contribution in [2.24, 2.45) is 5.92 Å². The van der Waals surface area contributed by atoms with Gasteiger partial charge in [-0.25, -0.2) is 0 Å². The van der Waals surface area contributed by atoms with Crippen molar-refractivity contribution in [2.75, 3.05) is 0 Å². The van der Waals surface area contributed by atoms with Crippen molar-refractivity contribution >= 4 is 33.3 Å². The van der Waals surface area contributed by atoms with Crippen molar-refractivity contribution in [1.29, 1.82) is 10.5 Å². The van der Waals surface area contributed by atoms with Crippen molar-refractivity contribution in [3.05, 3.63) is 33.3 Å². The summed E-state index contributed by atoms with van der Waals surface area (Å²) in [5.41, 5.74) is 0.180. The molecule has 0 radical (unpaired) electrons. The van der Waals surface area contributed by atoms with Crippen molar-refractivity contribution in [3.63, 3.8) is 0 Å². The van der Waals surface area contributed by atoms with E-state index in [9.17, 15) is 4.79 Å². The molecule has 1 aromatic carbocycles. The van der Waals surface area contributed by atoms with Crippen LogP contribution >= 0.6 is 27.5 Å². The number of nitrogens with zero attached hydrogens (tertiary/aromatic N) is 2. The lowest BCUT2D eigenvalue weighted by Crippen LogP contribution is -2.11. The molecule has 74 valence electrons. The summed E-state index contributed by atoms with van der Waals surface area (Å²) >= 11 is 8.97. The number of rotatable bonds is 2. The van der Waals surface area contributed by atoms with Crippen LogP contribution in [0.15, 0.2) is 22.7 Å². The Bertz CT molecular complexity index is 473. The van der Waals surface area contributed by atoms with Crippen LogP contribution in [0.25, 0.3) is 0 Å². The van der Waals surface area contributed by atoms with Gasteiger partial charge >= 0.3 is 0 Å². The summed E-state index contributed by atoms with van der Waals surface area (Å²) in [6.07, 6.45) is 0. The van der Waals surface area contributed by atoms with Crippen LogP contribution in [0, 0.1) is 28.6 Å². The molecule has 3 nitrogen and oxygen atoms in total. The molecule has 0 saturated carbocycles. The summed E-state index contributed by atoms with van der Waals surface area (Å²) in [6, 6.07) is 7.92. The van der Waals surface area contributed by atoms with Crippen molar-refractivity contribution in [2.45, 2.75) is 0 Å². The van der Waals surface area contributed by atoms with Crippen molar-refractivity contribution < 1.29 is 4.79 Å². The Labute approximate surface area is 100 Å². The molecule has 0 unspecified atom stereocenters. The molecule has 0 heterocycles. The minimum atomic E-state index is -1.31. The van der Waals surface area contributed by atoms with Gasteiger partial charge in [-0.05, 0) is 18.2 Å². The number of hydrogen-bond donors (Lipinski definition) is 0. The minimum absolute atomic E-state index is 0.180. The predicted molar refractivity (Wildman–Crippen MR) is 58.2 cm³/mol. The van der Waals surface area contributed by atoms with Gasteiger partial charge in [0, 0.05) is 10.0 Å². The van der Waals surface area contributed by atoms with E-state index in [1.165, 1.54) is 12.1 Å². The maximum atomic E-state index is 11.6. The van der Waals surface area contributed by atoms with Gasteiger partial charge in [-0.1, -0.05) is 27.5 Å². The molecule has 0 aliphatic heterocycles. The Morgan fingerprint density at radius 1 is 1.40 bits per heavy atom. The molecule has 0 spiro atoms. The topological polar surface area (TPSA) is 64.7 Å². The van der Waals surface area contributed by atoms with Gasteiger partial charge in [0.25, 0.3) is 0 Å². The van der Waals surface area contributed by atoms with E-state index in [0.29, 0.717) is 4.47 Å². The monoisotopic (exact) mass is 282 g/mol. The molecular formula is C10H4BrClN2O. The van der Waals surface area contributed by atoms with Crippen LogP contribution in [0.2, 0.25) is 5.02 Å². The first-order chi connectivity index (χ1) is 7.10. The van der Waals surface area contributed by atoms with Gasteiger partial charge in [0.05, 0.1) is 17.2 Å². The Morgan fingerprint density at radius 3 is 2.53 bits per heavy atom. The SMILES string of the molecule is N#CC(C#N)C(=O)c1cc(Br)ccc1Cl. The lowest BCUT2D eigenvalue weighted by molar-refractivity contribution is 0.0971. The molecule has 0 N–H and O–H groups in total. The zero-order chi connectivity index (χ0) is 11.4. The Hall–Kier alpha value is -1.36. The van der Waals surface area contributed by atoms with Crippen LogP contribution < -0.4 is 0 Å². The predicted octanol–water partition coefficient (Wildman–Crippen LogP) is 2.95. The fourth-order valence-corrected chi connectivity index (χ4v) is 1.56. The lowest BCUT2D eigenvalue weighted by Gasteiger charge is -2.03. The summed E-state index contributed by atoms with van der Waals surface area (Å²) in [5.74, 6) is -1.89. The van der Waals surface area contributed by atoms with E-state index in [1.54, 1.807) is 18.2 Å². The normalized spacial score (nSPS) is 9.40. The van der Waals surface area contributed by atoms with Gasteiger partial charge in [0.1, 0.15) is 0 Å². The minimum Gasteiger partial charge on any atom is -0.291 e. The zero-order valence-corrected chi connectivity index (χ0v) is 9.71. The highest BCUT2D eigenvalue weighted by Gasteiger charge is 2.21. The van der Waals surface area contributed by atoms with E-state index < -0.39 is 11.7 Å². The molecule has 1 rings (SSSR count). The highest BCUT2D eigenvalue weighted by Crippen LogP contribution is 2.23. The highest BCUT2D eigenvalue weighted by atomic mass is 79.9. The molecule has 5 heteroatoms. The van der Waals surface area contributed by atoms with E-state index in [4.69, 9.17) is 22.1 Å². The molecule has 1 aromatic rings. The largest absolute Gasteiger partial charge is 0.291 e. The van der Waals surface area contributed by atoms with Crippen LogP contribution in [0.1, 0.15) is 10.4 Å². The van der Waals surface area contributed by atoms with E-state index in [-0.39, 0.29) is 10.6 Å². The first-order valence-corrected chi connectivity index (χ1v) is 5.05. The van der Waals surface area contributed by atoms with E-state index in [1.807, 2.05) is 0 Å². The van der Waals surface area contributed by atoms with Gasteiger partial charge in [-0.2, -0.15) is 10.5 Å². The van der Waals surface area contributed by atoms with Crippen LogP contribution in [0.3, 0.4) is 0 Å². The van der Waals surface area contributed by atoms with Crippen LogP contribution in [-0.2, 0) is 0 Å². The highest BCUT2D eigenvalue weighted by molar-refractivity contribution is 9.10. The summed E-state index contributed by atoms with van der Waals surface area (Å²) < 4.78 is 0.671. The molecule has 0 amide bonds. The second-order valence-corrected chi connectivity index (χ2v) is 4.00. The number of halogens is 2. The number of Topliss-reactive ketones (excluding diaryl/α,β-unsaturated/α-hetero) is 1. The average Bonchev–Trinajstić information content (AvgIpc) is 2.23. The zero-order valence-electron chi connectivity index (χ0n) is 7.37. The van der Waals surface area contributed by atoms with Gasteiger partial charge in [0.2, 0.25) is 0 Å². The Balaban J connectivity index is 3.18. The molecule has 0 aliphatic carbocycles. The maximum Gasteiger partial charge on any atom is 0.195 e. The van der Waals surface area contributed by atoms with Crippen LogP contribution in [0.4, 0.5) is 0 Å². The van der Waals surface area contributed by atoms with E-state index >= 15 is 0 Å². The average molecular weight is 284 g/mol. The molecule has 0 saturated heterocycles. The number of carbonyl (C=O) groups excluding carboxylic acids is 1. The molecule has 0 aromatic heterocycles. The van der Waals surface area contributed by atoms with Gasteiger partial charge in [-0.15, -0.1) is 0 Å².